The molecule has 0 spiro atoms. The maximum Gasteiger partial charge on any atom is 0.346 e. The van der Waals surface area contributed by atoms with Gasteiger partial charge in [0.1, 0.15) is 9.09 Å². The molecule has 2 N–H and O–H groups in total. The predicted octanol–water partition coefficient (Wildman–Crippen LogP) is 2.86. The molecule has 0 bridgehead atoms. The minimum absolute atomic E-state index is 0.0584. The summed E-state index contributed by atoms with van der Waals surface area (Å²) in [6.07, 6.45) is 2.68. The number of thiophene rings is 1. The minimum atomic E-state index is -3.63. The van der Waals surface area contributed by atoms with E-state index in [1.807, 2.05) is 0 Å². The Labute approximate surface area is 129 Å². The number of carbonyl (C=O) groups is 1. The van der Waals surface area contributed by atoms with Gasteiger partial charge in [0.25, 0.3) is 0 Å². The number of carboxylic acids is 1. The second kappa shape index (κ2) is 6.06. The third-order valence-corrected chi connectivity index (χ3v) is 7.49. The Morgan fingerprint density at radius 3 is 2.52 bits per heavy atom. The van der Waals surface area contributed by atoms with E-state index >= 15 is 0 Å². The lowest BCUT2D eigenvalue weighted by molar-refractivity contribution is 0.0701. The van der Waals surface area contributed by atoms with Gasteiger partial charge in [-0.1, -0.05) is 13.8 Å². The highest BCUT2D eigenvalue weighted by atomic mass is 32.2. The molecule has 0 aromatic carbocycles. The maximum atomic E-state index is 12.4. The molecular weight excluding hydrogens is 310 g/mol. The van der Waals surface area contributed by atoms with Gasteiger partial charge in [-0.05, 0) is 49.7 Å². The van der Waals surface area contributed by atoms with Crippen LogP contribution in [0.1, 0.15) is 48.3 Å². The van der Waals surface area contributed by atoms with Crippen LogP contribution in [0.4, 0.5) is 0 Å². The van der Waals surface area contributed by atoms with Crippen LogP contribution in [0.5, 0.6) is 0 Å². The Balaban J connectivity index is 2.15. The van der Waals surface area contributed by atoms with E-state index in [2.05, 4.69) is 18.6 Å². The van der Waals surface area contributed by atoms with Crippen molar-refractivity contribution in [2.45, 2.75) is 50.3 Å². The van der Waals surface area contributed by atoms with Gasteiger partial charge in [0.2, 0.25) is 10.0 Å². The molecule has 0 radical (unpaired) electrons. The van der Waals surface area contributed by atoms with Crippen molar-refractivity contribution in [2.24, 2.45) is 11.8 Å². The Bertz CT molecular complexity index is 635. The van der Waals surface area contributed by atoms with Crippen molar-refractivity contribution in [3.63, 3.8) is 0 Å². The molecule has 118 valence electrons. The van der Waals surface area contributed by atoms with Crippen molar-refractivity contribution < 1.29 is 18.3 Å². The van der Waals surface area contributed by atoms with Gasteiger partial charge in [-0.25, -0.2) is 17.9 Å². The van der Waals surface area contributed by atoms with Crippen LogP contribution in [0.15, 0.2) is 10.3 Å². The summed E-state index contributed by atoms with van der Waals surface area (Å²) in [7, 11) is -3.63. The molecule has 1 fully saturated rings. The topological polar surface area (TPSA) is 83.5 Å². The van der Waals surface area contributed by atoms with Gasteiger partial charge in [-0.2, -0.15) is 0 Å². The summed E-state index contributed by atoms with van der Waals surface area (Å²) in [5.41, 5.74) is 0.485. The lowest BCUT2D eigenvalue weighted by Gasteiger charge is -2.32. The number of aromatic carboxylic acids is 1. The molecule has 7 heteroatoms. The molecular formula is C14H21NO4S2. The fourth-order valence-electron chi connectivity index (χ4n) is 2.73. The number of nitrogens with one attached hydrogen (secondary N) is 1. The molecule has 1 saturated carbocycles. The lowest BCUT2D eigenvalue weighted by Crippen LogP contribution is -2.39. The largest absolute Gasteiger partial charge is 0.477 e. The van der Waals surface area contributed by atoms with Crippen LogP contribution in [0.25, 0.3) is 0 Å². The van der Waals surface area contributed by atoms with Crippen molar-refractivity contribution in [1.82, 2.24) is 4.72 Å². The van der Waals surface area contributed by atoms with E-state index in [0.29, 0.717) is 17.4 Å². The van der Waals surface area contributed by atoms with E-state index in [1.165, 1.54) is 6.07 Å². The smallest absolute Gasteiger partial charge is 0.346 e. The van der Waals surface area contributed by atoms with E-state index in [9.17, 15) is 13.2 Å². The zero-order chi connectivity index (χ0) is 15.8. The second-order valence-corrected chi connectivity index (χ2v) is 8.96. The summed E-state index contributed by atoms with van der Waals surface area (Å²) in [6, 6.07) is 1.38. The summed E-state index contributed by atoms with van der Waals surface area (Å²) in [4.78, 5) is 11.1. The molecule has 0 aliphatic heterocycles. The lowest BCUT2D eigenvalue weighted by atomic mass is 9.79. The van der Waals surface area contributed by atoms with Gasteiger partial charge < -0.3 is 5.11 Å². The van der Waals surface area contributed by atoms with Crippen molar-refractivity contribution in [3.05, 3.63) is 16.5 Å². The highest BCUT2D eigenvalue weighted by Gasteiger charge is 2.29. The molecule has 1 aliphatic rings. The molecule has 1 aliphatic carbocycles. The molecule has 5 nitrogen and oxygen atoms in total. The third kappa shape index (κ3) is 3.64. The number of hydrogen-bond donors (Lipinski definition) is 2. The first-order chi connectivity index (χ1) is 9.70. The van der Waals surface area contributed by atoms with Gasteiger partial charge in [0, 0.05) is 6.04 Å². The number of sulfonamides is 1. The second-order valence-electron chi connectivity index (χ2n) is 5.97. The molecule has 2 rings (SSSR count). The van der Waals surface area contributed by atoms with Gasteiger partial charge in [0.05, 0.1) is 0 Å². The number of carboxylic acid groups (broad SMARTS) is 1. The van der Waals surface area contributed by atoms with Crippen LogP contribution in [0.2, 0.25) is 0 Å². The summed E-state index contributed by atoms with van der Waals surface area (Å²) < 4.78 is 27.6. The number of hydrogen-bond acceptors (Lipinski definition) is 4. The molecule has 1 heterocycles. The zero-order valence-electron chi connectivity index (χ0n) is 12.4. The summed E-state index contributed by atoms with van der Waals surface area (Å²) in [6.45, 7) is 5.95. The first-order valence-electron chi connectivity index (χ1n) is 7.06. The zero-order valence-corrected chi connectivity index (χ0v) is 14.1. The van der Waals surface area contributed by atoms with Gasteiger partial charge in [-0.3, -0.25) is 0 Å². The molecule has 1 aromatic heterocycles. The molecule has 1 aromatic rings. The summed E-state index contributed by atoms with van der Waals surface area (Å²) in [5.74, 6) is 0.0264. The van der Waals surface area contributed by atoms with Gasteiger partial charge in [0.15, 0.2) is 0 Å². The van der Waals surface area contributed by atoms with E-state index in [-0.39, 0.29) is 15.1 Å². The van der Waals surface area contributed by atoms with Gasteiger partial charge in [-0.15, -0.1) is 11.3 Å². The fraction of sp³-hybridized carbons (Fsp3) is 0.643. The van der Waals surface area contributed by atoms with Crippen molar-refractivity contribution in [1.29, 1.82) is 0 Å². The Morgan fingerprint density at radius 2 is 2.00 bits per heavy atom. The average Bonchev–Trinajstić information content (AvgIpc) is 2.77. The van der Waals surface area contributed by atoms with Crippen LogP contribution in [-0.4, -0.2) is 25.5 Å². The van der Waals surface area contributed by atoms with Crippen LogP contribution in [0, 0.1) is 18.8 Å². The standard InChI is InChI=1S/C14H21NO4S2/c1-8-4-5-11(6-9(8)2)15-21(18,19)12-7-10(3)13(20-12)14(16)17/h7-9,11,15H,4-6H2,1-3H3,(H,16,17). The molecule has 0 saturated heterocycles. The normalized spacial score (nSPS) is 26.7. The third-order valence-electron chi connectivity index (χ3n) is 4.27. The van der Waals surface area contributed by atoms with E-state index in [4.69, 9.17) is 5.11 Å². The highest BCUT2D eigenvalue weighted by molar-refractivity contribution is 7.91. The Kier molecular flexibility index (Phi) is 4.75. The average molecular weight is 331 g/mol. The van der Waals surface area contributed by atoms with Crippen molar-refractivity contribution >= 4 is 27.3 Å². The summed E-state index contributed by atoms with van der Waals surface area (Å²) in [5, 5.41) is 9.03. The molecule has 21 heavy (non-hydrogen) atoms. The number of rotatable bonds is 4. The summed E-state index contributed by atoms with van der Waals surface area (Å²) >= 11 is 0.814. The van der Waals surface area contributed by atoms with Crippen molar-refractivity contribution in [2.75, 3.05) is 0 Å². The molecule has 3 atom stereocenters. The maximum absolute atomic E-state index is 12.4. The van der Waals surface area contributed by atoms with E-state index < -0.39 is 16.0 Å². The Hall–Kier alpha value is -0.920. The van der Waals surface area contributed by atoms with Crippen LogP contribution in [0.3, 0.4) is 0 Å². The van der Waals surface area contributed by atoms with Crippen molar-refractivity contribution in [3.8, 4) is 0 Å². The first kappa shape index (κ1) is 16.5. The minimum Gasteiger partial charge on any atom is -0.477 e. The van der Waals surface area contributed by atoms with E-state index in [1.54, 1.807) is 6.92 Å². The fourth-order valence-corrected chi connectivity index (χ4v) is 5.41. The number of aryl methyl sites for hydroxylation is 1. The monoisotopic (exact) mass is 331 g/mol. The van der Waals surface area contributed by atoms with Gasteiger partial charge >= 0.3 is 5.97 Å². The first-order valence-corrected chi connectivity index (χ1v) is 9.36. The highest BCUT2D eigenvalue weighted by Crippen LogP contribution is 2.31. The van der Waals surface area contributed by atoms with Crippen LogP contribution < -0.4 is 4.72 Å². The SMILES string of the molecule is Cc1cc(S(=O)(=O)NC2CCC(C)C(C)C2)sc1C(=O)O. The predicted molar refractivity (Wildman–Crippen MR) is 82.3 cm³/mol. The molecule has 0 amide bonds. The van der Waals surface area contributed by atoms with E-state index in [0.717, 1.165) is 30.6 Å². The molecule has 3 unspecified atom stereocenters. The Morgan fingerprint density at radius 1 is 1.33 bits per heavy atom. The van der Waals surface area contributed by atoms with Crippen LogP contribution in [-0.2, 0) is 10.0 Å². The van der Waals surface area contributed by atoms with Crippen LogP contribution >= 0.6 is 11.3 Å². The quantitative estimate of drug-likeness (QED) is 0.888.